The quantitative estimate of drug-likeness (QED) is 0.236. The van der Waals surface area contributed by atoms with E-state index in [1.165, 1.54) is 23.5 Å². The van der Waals surface area contributed by atoms with Crippen molar-refractivity contribution in [2.24, 2.45) is 4.99 Å². The van der Waals surface area contributed by atoms with Crippen molar-refractivity contribution in [3.63, 3.8) is 0 Å². The van der Waals surface area contributed by atoms with E-state index in [0.29, 0.717) is 50.7 Å². The molecule has 0 aliphatic carbocycles. The second-order valence-electron chi connectivity index (χ2n) is 9.64. The van der Waals surface area contributed by atoms with Crippen molar-refractivity contribution >= 4 is 23.4 Å². The minimum atomic E-state index is -0.748. The first-order chi connectivity index (χ1) is 20.4. The zero-order valence-electron chi connectivity index (χ0n) is 23.6. The molecule has 0 bridgehead atoms. The van der Waals surface area contributed by atoms with Crippen LogP contribution in [-0.4, -0.2) is 24.3 Å². The van der Waals surface area contributed by atoms with Gasteiger partial charge in [0.1, 0.15) is 30.0 Å². The lowest BCUT2D eigenvalue weighted by molar-refractivity contribution is -0.139. The number of hydrogen-bond donors (Lipinski definition) is 0. The molecule has 4 aromatic rings. The molecule has 0 N–H and O–H groups in total. The number of para-hydroxylation sites is 1. The maximum Gasteiger partial charge on any atom is 0.338 e. The zero-order valence-corrected chi connectivity index (χ0v) is 24.4. The Hall–Kier alpha value is -4.50. The molecule has 0 radical (unpaired) electrons. The monoisotopic (exact) mass is 586 g/mol. The van der Waals surface area contributed by atoms with Crippen LogP contribution in [0.1, 0.15) is 49.4 Å². The highest BCUT2D eigenvalue weighted by molar-refractivity contribution is 7.07. The molecule has 1 atom stereocenters. The number of allylic oxidation sites excluding steroid dienone is 1. The number of benzene rings is 3. The second kappa shape index (κ2) is 13.0. The first-order valence-electron chi connectivity index (χ1n) is 13.8. The van der Waals surface area contributed by atoms with E-state index in [2.05, 4.69) is 0 Å². The SMILES string of the molecule is CCCC1=C(C(=O)OCC)[C@@H](c2ccccc2OC)n2c(s/c(=C\c3ccc(OCc4ccc(F)cc4)cc3)c2=O)=N1. The van der Waals surface area contributed by atoms with Crippen LogP contribution in [0.4, 0.5) is 4.39 Å². The lowest BCUT2D eigenvalue weighted by atomic mass is 9.93. The Bertz CT molecular complexity index is 1790. The molecule has 0 saturated carbocycles. The normalized spacial score (nSPS) is 14.8. The molecule has 7 nitrogen and oxygen atoms in total. The number of ether oxygens (including phenoxy) is 3. The van der Waals surface area contributed by atoms with Crippen LogP contribution in [0.2, 0.25) is 0 Å². The lowest BCUT2D eigenvalue weighted by Crippen LogP contribution is -2.40. The summed E-state index contributed by atoms with van der Waals surface area (Å²) in [5.41, 5.74) is 3.05. The molecule has 216 valence electrons. The van der Waals surface area contributed by atoms with Gasteiger partial charge in [-0.3, -0.25) is 9.36 Å². The number of fused-ring (bicyclic) bond motifs is 1. The van der Waals surface area contributed by atoms with Gasteiger partial charge in [-0.05, 0) is 60.9 Å². The predicted octanol–water partition coefficient (Wildman–Crippen LogP) is 5.31. The summed E-state index contributed by atoms with van der Waals surface area (Å²) in [5.74, 6) is 0.428. The van der Waals surface area contributed by atoms with Crippen LogP contribution in [0.25, 0.3) is 6.08 Å². The highest BCUT2D eigenvalue weighted by Crippen LogP contribution is 2.36. The maximum absolute atomic E-state index is 14.0. The van der Waals surface area contributed by atoms with Crippen LogP contribution in [0.3, 0.4) is 0 Å². The van der Waals surface area contributed by atoms with Gasteiger partial charge in [0.15, 0.2) is 4.80 Å². The minimum absolute atomic E-state index is 0.203. The summed E-state index contributed by atoms with van der Waals surface area (Å²) in [7, 11) is 1.57. The van der Waals surface area contributed by atoms with Crippen molar-refractivity contribution in [1.29, 1.82) is 0 Å². The average Bonchev–Trinajstić information content (AvgIpc) is 3.31. The Balaban J connectivity index is 1.55. The molecule has 3 aromatic carbocycles. The van der Waals surface area contributed by atoms with Gasteiger partial charge in [0, 0.05) is 5.56 Å². The van der Waals surface area contributed by atoms with Crippen molar-refractivity contribution in [2.45, 2.75) is 39.3 Å². The summed E-state index contributed by atoms with van der Waals surface area (Å²) in [4.78, 5) is 32.6. The van der Waals surface area contributed by atoms with Crippen molar-refractivity contribution in [1.82, 2.24) is 4.57 Å². The molecular weight excluding hydrogens is 555 g/mol. The molecule has 0 amide bonds. The molecule has 1 aromatic heterocycles. The Morgan fingerprint density at radius 3 is 2.48 bits per heavy atom. The molecule has 2 heterocycles. The molecule has 0 saturated heterocycles. The summed E-state index contributed by atoms with van der Waals surface area (Å²) in [5, 5.41) is 0. The van der Waals surface area contributed by atoms with Crippen molar-refractivity contribution in [3.05, 3.63) is 126 Å². The van der Waals surface area contributed by atoms with Gasteiger partial charge in [0.05, 0.1) is 29.5 Å². The van der Waals surface area contributed by atoms with Crippen LogP contribution < -0.4 is 24.4 Å². The number of carbonyl (C=O) groups is 1. The third kappa shape index (κ3) is 6.06. The molecule has 1 aliphatic rings. The predicted molar refractivity (Wildman–Crippen MR) is 160 cm³/mol. The molecule has 42 heavy (non-hydrogen) atoms. The fourth-order valence-corrected chi connectivity index (χ4v) is 5.89. The fourth-order valence-electron chi connectivity index (χ4n) is 4.87. The van der Waals surface area contributed by atoms with Gasteiger partial charge < -0.3 is 14.2 Å². The standard InChI is InChI=1S/C33H31FN2O5S/c1-4-8-26-29(32(38)40-5-2)30(25-9-6-7-10-27(25)39-3)36-31(37)28(42-33(36)35-26)19-21-13-17-24(18-14-21)41-20-22-11-15-23(34)16-12-22/h6-7,9-19,30H,4-5,8,20H2,1-3H3/b28-19-/t30-/m1/s1. The van der Waals surface area contributed by atoms with Gasteiger partial charge in [-0.25, -0.2) is 14.2 Å². The summed E-state index contributed by atoms with van der Waals surface area (Å²) < 4.78 is 32.1. The largest absolute Gasteiger partial charge is 0.496 e. The number of aromatic nitrogens is 1. The minimum Gasteiger partial charge on any atom is -0.496 e. The van der Waals surface area contributed by atoms with Gasteiger partial charge in [-0.2, -0.15) is 0 Å². The second-order valence-corrected chi connectivity index (χ2v) is 10.6. The van der Waals surface area contributed by atoms with E-state index < -0.39 is 12.0 Å². The summed E-state index contributed by atoms with van der Waals surface area (Å²) in [6.45, 7) is 4.29. The summed E-state index contributed by atoms with van der Waals surface area (Å²) in [6.07, 6.45) is 3.13. The smallest absolute Gasteiger partial charge is 0.338 e. The van der Waals surface area contributed by atoms with E-state index in [-0.39, 0.29) is 18.0 Å². The van der Waals surface area contributed by atoms with E-state index in [0.717, 1.165) is 17.5 Å². The number of hydrogen-bond acceptors (Lipinski definition) is 7. The molecule has 5 rings (SSSR count). The van der Waals surface area contributed by atoms with Crippen molar-refractivity contribution in [3.8, 4) is 11.5 Å². The first-order valence-corrected chi connectivity index (χ1v) is 14.6. The number of esters is 1. The molecule has 0 spiro atoms. The van der Waals surface area contributed by atoms with Gasteiger partial charge in [-0.15, -0.1) is 0 Å². The van der Waals surface area contributed by atoms with Crippen LogP contribution in [0, 0.1) is 5.82 Å². The van der Waals surface area contributed by atoms with Crippen LogP contribution in [0.5, 0.6) is 11.5 Å². The van der Waals surface area contributed by atoms with Gasteiger partial charge >= 0.3 is 5.97 Å². The van der Waals surface area contributed by atoms with Gasteiger partial charge in [-0.1, -0.05) is 67.1 Å². The number of halogens is 1. The Kier molecular flexibility index (Phi) is 8.97. The number of thiazole rings is 1. The Morgan fingerprint density at radius 1 is 1.05 bits per heavy atom. The summed E-state index contributed by atoms with van der Waals surface area (Å²) in [6, 6.07) is 20.2. The number of carbonyl (C=O) groups excluding carboxylic acids is 1. The average molecular weight is 587 g/mol. The van der Waals surface area contributed by atoms with Crippen LogP contribution in [0.15, 0.2) is 93.9 Å². The number of rotatable bonds is 10. The highest BCUT2D eigenvalue weighted by atomic mass is 32.1. The zero-order chi connectivity index (χ0) is 29.6. The van der Waals surface area contributed by atoms with E-state index in [1.807, 2.05) is 55.5 Å². The van der Waals surface area contributed by atoms with Gasteiger partial charge in [0.25, 0.3) is 5.56 Å². The van der Waals surface area contributed by atoms with Crippen LogP contribution >= 0.6 is 11.3 Å². The lowest BCUT2D eigenvalue weighted by Gasteiger charge is -2.26. The highest BCUT2D eigenvalue weighted by Gasteiger charge is 2.35. The third-order valence-electron chi connectivity index (χ3n) is 6.82. The number of nitrogens with zero attached hydrogens (tertiary/aromatic N) is 2. The topological polar surface area (TPSA) is 79.1 Å². The first kappa shape index (κ1) is 29.0. The maximum atomic E-state index is 14.0. The Labute approximate surface area is 246 Å². The molecule has 9 heteroatoms. The van der Waals surface area contributed by atoms with Crippen molar-refractivity contribution < 1.29 is 23.4 Å². The molecule has 0 unspecified atom stereocenters. The third-order valence-corrected chi connectivity index (χ3v) is 7.81. The van der Waals surface area contributed by atoms with E-state index in [1.54, 1.807) is 36.8 Å². The molecule has 1 aliphatic heterocycles. The van der Waals surface area contributed by atoms with Crippen molar-refractivity contribution in [2.75, 3.05) is 13.7 Å². The van der Waals surface area contributed by atoms with E-state index >= 15 is 0 Å². The molecule has 0 fully saturated rings. The van der Waals surface area contributed by atoms with E-state index in [4.69, 9.17) is 19.2 Å². The molecular formula is C33H31FN2O5S. The van der Waals surface area contributed by atoms with Gasteiger partial charge in [0.2, 0.25) is 0 Å². The Morgan fingerprint density at radius 2 is 1.79 bits per heavy atom. The number of methoxy groups -OCH3 is 1. The fraction of sp³-hybridized carbons (Fsp3) is 0.242. The van der Waals surface area contributed by atoms with Crippen LogP contribution in [-0.2, 0) is 16.1 Å². The van der Waals surface area contributed by atoms with E-state index in [9.17, 15) is 14.0 Å². The summed E-state index contributed by atoms with van der Waals surface area (Å²) >= 11 is 1.28.